The van der Waals surface area contributed by atoms with Crippen molar-refractivity contribution < 1.29 is 9.72 Å². The molecule has 0 atom stereocenters. The molecule has 8 nitrogen and oxygen atoms in total. The molecule has 0 spiro atoms. The zero-order valence-corrected chi connectivity index (χ0v) is 15.9. The summed E-state index contributed by atoms with van der Waals surface area (Å²) in [5, 5.41) is 23.9. The molecule has 1 aliphatic heterocycles. The van der Waals surface area contributed by atoms with Crippen LogP contribution in [-0.4, -0.2) is 21.1 Å². The number of fused-ring (bicyclic) bond motifs is 1. The third-order valence-corrected chi connectivity index (χ3v) is 5.35. The number of aromatic nitrogens is 1. The van der Waals surface area contributed by atoms with Crippen LogP contribution in [-0.2, 0) is 11.8 Å². The highest BCUT2D eigenvalue weighted by molar-refractivity contribution is 7.07. The van der Waals surface area contributed by atoms with Gasteiger partial charge < -0.3 is 9.88 Å². The number of carbonyl (C=O) groups excluding carboxylic acids is 1. The number of nitro benzene ring substituents is 1. The van der Waals surface area contributed by atoms with Crippen LogP contribution in [0.25, 0.3) is 11.3 Å². The first-order valence-corrected chi connectivity index (χ1v) is 9.25. The van der Waals surface area contributed by atoms with E-state index in [1.165, 1.54) is 35.1 Å². The predicted molar refractivity (Wildman–Crippen MR) is 107 cm³/mol. The van der Waals surface area contributed by atoms with Gasteiger partial charge >= 0.3 is 0 Å². The molecule has 28 heavy (non-hydrogen) atoms. The fourth-order valence-corrected chi connectivity index (χ4v) is 3.75. The largest absolute Gasteiger partial charge is 0.320 e. The second-order valence-electron chi connectivity index (χ2n) is 6.32. The topological polar surface area (TPSA) is 102 Å². The maximum absolute atomic E-state index is 12.2. The van der Waals surface area contributed by atoms with Gasteiger partial charge in [0.2, 0.25) is 4.80 Å². The Bertz CT molecular complexity index is 1210. The van der Waals surface area contributed by atoms with E-state index in [0.29, 0.717) is 16.1 Å². The highest BCUT2D eigenvalue weighted by Crippen LogP contribution is 2.27. The quantitative estimate of drug-likeness (QED) is 0.546. The van der Waals surface area contributed by atoms with E-state index in [2.05, 4.69) is 15.5 Å². The molecule has 0 unspecified atom stereocenters. The van der Waals surface area contributed by atoms with Gasteiger partial charge in [0.05, 0.1) is 16.3 Å². The van der Waals surface area contributed by atoms with Gasteiger partial charge in [-0.15, -0.1) is 21.5 Å². The summed E-state index contributed by atoms with van der Waals surface area (Å²) in [4.78, 5) is 23.3. The standard InChI is InChI=1S/C19H15N5O3S/c1-11-3-5-12(6-4-11)16-10-28-19(23(16)2)22-21-17-14-9-13(24(26)27)7-8-15(14)20-18(17)25/h3-10H,1-2H3,(H,20,21,25)/b22-19+. The molecule has 0 bridgehead atoms. The van der Waals surface area contributed by atoms with Crippen molar-refractivity contribution in [2.24, 2.45) is 17.3 Å². The summed E-state index contributed by atoms with van der Waals surface area (Å²) in [6.45, 7) is 2.03. The van der Waals surface area contributed by atoms with Crippen molar-refractivity contribution in [1.29, 1.82) is 0 Å². The van der Waals surface area contributed by atoms with Crippen LogP contribution in [0.1, 0.15) is 11.1 Å². The average molecular weight is 393 g/mol. The SMILES string of the molecule is Cc1ccc(-c2cs/c(=N/N=C3\C(=O)Nc4ccc([N+](=O)[O-])cc43)n2C)cc1. The number of aryl methyl sites for hydroxylation is 1. The first-order chi connectivity index (χ1) is 13.4. The van der Waals surface area contributed by atoms with E-state index in [1.54, 1.807) is 0 Å². The Kier molecular flexibility index (Phi) is 4.36. The second-order valence-corrected chi connectivity index (χ2v) is 7.15. The Morgan fingerprint density at radius 1 is 1.14 bits per heavy atom. The molecule has 2 aromatic carbocycles. The smallest absolute Gasteiger partial charge is 0.276 e. The Labute approximate surface area is 163 Å². The molecule has 3 aromatic rings. The lowest BCUT2D eigenvalue weighted by Crippen LogP contribution is -2.15. The summed E-state index contributed by atoms with van der Waals surface area (Å²) in [5.74, 6) is -0.433. The number of nitrogens with one attached hydrogen (secondary N) is 1. The summed E-state index contributed by atoms with van der Waals surface area (Å²) < 4.78 is 1.89. The fraction of sp³-hybridized carbons (Fsp3) is 0.105. The molecule has 1 aromatic heterocycles. The van der Waals surface area contributed by atoms with E-state index in [0.717, 1.165) is 11.3 Å². The van der Waals surface area contributed by atoms with Crippen LogP contribution in [0, 0.1) is 17.0 Å². The first-order valence-electron chi connectivity index (χ1n) is 8.37. The van der Waals surface area contributed by atoms with Gasteiger partial charge in [0, 0.05) is 30.1 Å². The van der Waals surface area contributed by atoms with E-state index in [-0.39, 0.29) is 11.4 Å². The van der Waals surface area contributed by atoms with E-state index >= 15 is 0 Å². The van der Waals surface area contributed by atoms with Crippen molar-refractivity contribution in [1.82, 2.24) is 4.57 Å². The van der Waals surface area contributed by atoms with Crippen molar-refractivity contribution in [3.8, 4) is 11.3 Å². The van der Waals surface area contributed by atoms with Gasteiger partial charge in [0.15, 0.2) is 5.71 Å². The number of thiazole rings is 1. The predicted octanol–water partition coefficient (Wildman–Crippen LogP) is 3.23. The molecule has 140 valence electrons. The number of nitrogens with zero attached hydrogens (tertiary/aromatic N) is 4. The number of non-ortho nitro benzene ring substituents is 1. The van der Waals surface area contributed by atoms with Gasteiger partial charge in [-0.25, -0.2) is 0 Å². The van der Waals surface area contributed by atoms with Crippen LogP contribution in [0.2, 0.25) is 0 Å². The van der Waals surface area contributed by atoms with Crippen LogP contribution in [0.3, 0.4) is 0 Å². The minimum absolute atomic E-state index is 0.0592. The molecule has 0 radical (unpaired) electrons. The molecule has 0 saturated carbocycles. The summed E-state index contributed by atoms with van der Waals surface area (Å²) in [6, 6.07) is 12.3. The Morgan fingerprint density at radius 2 is 1.89 bits per heavy atom. The highest BCUT2D eigenvalue weighted by atomic mass is 32.1. The van der Waals surface area contributed by atoms with Crippen LogP contribution in [0.15, 0.2) is 58.0 Å². The minimum atomic E-state index is -0.509. The number of hydrogen-bond donors (Lipinski definition) is 1. The highest BCUT2D eigenvalue weighted by Gasteiger charge is 2.28. The summed E-state index contributed by atoms with van der Waals surface area (Å²) >= 11 is 1.40. The number of hydrogen-bond acceptors (Lipinski definition) is 6. The summed E-state index contributed by atoms with van der Waals surface area (Å²) in [6.07, 6.45) is 0. The zero-order valence-electron chi connectivity index (χ0n) is 15.0. The molecule has 1 N–H and O–H groups in total. The van der Waals surface area contributed by atoms with Crippen LogP contribution in [0.5, 0.6) is 0 Å². The number of anilines is 1. The van der Waals surface area contributed by atoms with Gasteiger partial charge in [-0.05, 0) is 18.6 Å². The van der Waals surface area contributed by atoms with Gasteiger partial charge in [0.1, 0.15) is 0 Å². The van der Waals surface area contributed by atoms with Crippen LogP contribution >= 0.6 is 11.3 Å². The molecule has 4 rings (SSSR count). The molecule has 1 aliphatic rings. The van der Waals surface area contributed by atoms with Crippen LogP contribution in [0.4, 0.5) is 11.4 Å². The van der Waals surface area contributed by atoms with Gasteiger partial charge in [-0.1, -0.05) is 29.8 Å². The monoisotopic (exact) mass is 393 g/mol. The molecule has 2 heterocycles. The van der Waals surface area contributed by atoms with Gasteiger partial charge in [-0.2, -0.15) is 0 Å². The number of carbonyl (C=O) groups is 1. The van der Waals surface area contributed by atoms with Crippen molar-refractivity contribution >= 4 is 34.3 Å². The maximum Gasteiger partial charge on any atom is 0.276 e. The fourth-order valence-electron chi connectivity index (χ4n) is 2.89. The summed E-state index contributed by atoms with van der Waals surface area (Å²) in [7, 11) is 1.87. The molecule has 0 fully saturated rings. The first kappa shape index (κ1) is 17.8. The zero-order chi connectivity index (χ0) is 19.8. The third-order valence-electron chi connectivity index (χ3n) is 4.44. The maximum atomic E-state index is 12.2. The average Bonchev–Trinajstić information content (AvgIpc) is 3.19. The molecule has 0 saturated heterocycles. The molecule has 0 aliphatic carbocycles. The lowest BCUT2D eigenvalue weighted by molar-refractivity contribution is -0.384. The minimum Gasteiger partial charge on any atom is -0.320 e. The molecular weight excluding hydrogens is 378 g/mol. The molecular formula is C19H15N5O3S. The molecule has 1 amide bonds. The number of rotatable bonds is 3. The second kappa shape index (κ2) is 6.86. The van der Waals surface area contributed by atoms with Crippen molar-refractivity contribution in [3.05, 3.63) is 73.9 Å². The molecule has 9 heteroatoms. The Balaban J connectivity index is 1.75. The summed E-state index contributed by atoms with van der Waals surface area (Å²) in [5.41, 5.74) is 4.03. The lowest BCUT2D eigenvalue weighted by atomic mass is 10.1. The van der Waals surface area contributed by atoms with Crippen molar-refractivity contribution in [2.45, 2.75) is 6.92 Å². The number of amides is 1. The van der Waals surface area contributed by atoms with Crippen molar-refractivity contribution in [3.63, 3.8) is 0 Å². The van der Waals surface area contributed by atoms with E-state index in [1.807, 2.05) is 48.2 Å². The van der Waals surface area contributed by atoms with Crippen molar-refractivity contribution in [2.75, 3.05) is 5.32 Å². The van der Waals surface area contributed by atoms with Crippen LogP contribution < -0.4 is 10.1 Å². The normalized spacial score (nSPS) is 15.0. The van der Waals surface area contributed by atoms with E-state index < -0.39 is 10.8 Å². The third kappa shape index (κ3) is 3.12. The Hall–Kier alpha value is -3.59. The Morgan fingerprint density at radius 3 is 2.61 bits per heavy atom. The van der Waals surface area contributed by atoms with Gasteiger partial charge in [-0.3, -0.25) is 14.9 Å². The van der Waals surface area contributed by atoms with Gasteiger partial charge in [0.25, 0.3) is 11.6 Å². The van der Waals surface area contributed by atoms with E-state index in [9.17, 15) is 14.9 Å². The van der Waals surface area contributed by atoms with E-state index in [4.69, 9.17) is 0 Å². The number of benzene rings is 2. The lowest BCUT2D eigenvalue weighted by Gasteiger charge is -2.02. The number of nitro groups is 1.